The predicted octanol–water partition coefficient (Wildman–Crippen LogP) is 2.88. The van der Waals surface area contributed by atoms with E-state index in [0.29, 0.717) is 12.3 Å². The molecule has 1 fully saturated rings. The molecule has 1 saturated heterocycles. The zero-order valence-corrected chi connectivity index (χ0v) is 10.5. The summed E-state index contributed by atoms with van der Waals surface area (Å²) in [5.74, 6) is 0.985. The number of esters is 1. The highest BCUT2D eigenvalue weighted by molar-refractivity contribution is 5.71. The van der Waals surface area contributed by atoms with E-state index in [1.807, 2.05) is 31.2 Å². The van der Waals surface area contributed by atoms with Crippen LogP contribution in [0.25, 0.3) is 0 Å². The number of cyclic esters (lactones) is 1. The van der Waals surface area contributed by atoms with Crippen molar-refractivity contribution >= 4 is 5.97 Å². The quantitative estimate of drug-likeness (QED) is 0.738. The first-order chi connectivity index (χ1) is 8.06. The molecule has 0 saturated carbocycles. The van der Waals surface area contributed by atoms with E-state index in [1.54, 1.807) is 7.11 Å². The first-order valence-electron chi connectivity index (χ1n) is 5.92. The Morgan fingerprint density at radius 1 is 1.47 bits per heavy atom. The van der Waals surface area contributed by atoms with Gasteiger partial charge in [-0.1, -0.05) is 19.1 Å². The van der Waals surface area contributed by atoms with Gasteiger partial charge in [0.15, 0.2) is 0 Å². The zero-order valence-electron chi connectivity index (χ0n) is 10.5. The molecule has 17 heavy (non-hydrogen) atoms. The molecular formula is C14H18O3. The molecule has 1 aromatic carbocycles. The molecule has 0 aliphatic carbocycles. The fraction of sp³-hybridized carbons (Fsp3) is 0.500. The molecule has 0 bridgehead atoms. The van der Waals surface area contributed by atoms with Crippen LogP contribution in [-0.2, 0) is 15.1 Å². The lowest BCUT2D eigenvalue weighted by Crippen LogP contribution is -2.40. The van der Waals surface area contributed by atoms with Gasteiger partial charge in [0.25, 0.3) is 0 Å². The van der Waals surface area contributed by atoms with Crippen LogP contribution in [0.3, 0.4) is 0 Å². The monoisotopic (exact) mass is 234 g/mol. The number of methoxy groups -OCH3 is 1. The van der Waals surface area contributed by atoms with Crippen LogP contribution in [0.4, 0.5) is 0 Å². The van der Waals surface area contributed by atoms with Gasteiger partial charge in [0.05, 0.1) is 7.11 Å². The SMILES string of the molecule is COc1cccc([C@]2(C)OC(=O)CC[C@H]2C)c1. The number of benzene rings is 1. The van der Waals surface area contributed by atoms with Crippen molar-refractivity contribution < 1.29 is 14.3 Å². The summed E-state index contributed by atoms with van der Waals surface area (Å²) in [4.78, 5) is 11.5. The average molecular weight is 234 g/mol. The van der Waals surface area contributed by atoms with Crippen molar-refractivity contribution in [2.75, 3.05) is 7.11 Å². The van der Waals surface area contributed by atoms with Crippen molar-refractivity contribution in [3.63, 3.8) is 0 Å². The summed E-state index contributed by atoms with van der Waals surface area (Å²) in [5.41, 5.74) is 0.460. The zero-order chi connectivity index (χ0) is 12.5. The molecule has 3 heteroatoms. The third-order valence-electron chi connectivity index (χ3n) is 3.69. The number of hydrogen-bond acceptors (Lipinski definition) is 3. The Morgan fingerprint density at radius 3 is 2.94 bits per heavy atom. The van der Waals surface area contributed by atoms with Gasteiger partial charge in [-0.3, -0.25) is 4.79 Å². The Morgan fingerprint density at radius 2 is 2.24 bits per heavy atom. The molecule has 0 amide bonds. The lowest BCUT2D eigenvalue weighted by atomic mass is 9.79. The van der Waals surface area contributed by atoms with E-state index in [1.165, 1.54) is 0 Å². The van der Waals surface area contributed by atoms with Crippen molar-refractivity contribution in [1.82, 2.24) is 0 Å². The molecule has 0 spiro atoms. The van der Waals surface area contributed by atoms with Gasteiger partial charge in [-0.05, 0) is 31.0 Å². The fourth-order valence-electron chi connectivity index (χ4n) is 2.27. The van der Waals surface area contributed by atoms with Crippen molar-refractivity contribution in [3.05, 3.63) is 29.8 Å². The Bertz CT molecular complexity index is 427. The molecule has 1 heterocycles. The fourth-order valence-corrected chi connectivity index (χ4v) is 2.27. The summed E-state index contributed by atoms with van der Waals surface area (Å²) in [6.45, 7) is 4.09. The van der Waals surface area contributed by atoms with Crippen LogP contribution in [0.15, 0.2) is 24.3 Å². The Labute approximate surface area is 102 Å². The Kier molecular flexibility index (Phi) is 3.09. The van der Waals surface area contributed by atoms with Gasteiger partial charge in [0, 0.05) is 12.3 Å². The van der Waals surface area contributed by atoms with Crippen LogP contribution >= 0.6 is 0 Å². The smallest absolute Gasteiger partial charge is 0.306 e. The van der Waals surface area contributed by atoms with Gasteiger partial charge in [0.1, 0.15) is 11.4 Å². The van der Waals surface area contributed by atoms with E-state index < -0.39 is 5.60 Å². The van der Waals surface area contributed by atoms with E-state index in [-0.39, 0.29) is 5.97 Å². The highest BCUT2D eigenvalue weighted by Crippen LogP contribution is 2.40. The number of rotatable bonds is 2. The summed E-state index contributed by atoms with van der Waals surface area (Å²) in [6.07, 6.45) is 1.38. The molecule has 92 valence electrons. The van der Waals surface area contributed by atoms with Crippen molar-refractivity contribution in [1.29, 1.82) is 0 Å². The van der Waals surface area contributed by atoms with Gasteiger partial charge < -0.3 is 9.47 Å². The number of ether oxygens (including phenoxy) is 2. The summed E-state index contributed by atoms with van der Waals surface area (Å²) < 4.78 is 10.8. The minimum atomic E-state index is -0.538. The maximum atomic E-state index is 11.5. The van der Waals surface area contributed by atoms with E-state index in [2.05, 4.69) is 6.92 Å². The van der Waals surface area contributed by atoms with Gasteiger partial charge in [-0.2, -0.15) is 0 Å². The topological polar surface area (TPSA) is 35.5 Å². The van der Waals surface area contributed by atoms with Crippen LogP contribution in [0.5, 0.6) is 5.75 Å². The first-order valence-corrected chi connectivity index (χ1v) is 5.92. The van der Waals surface area contributed by atoms with E-state index in [9.17, 15) is 4.79 Å². The van der Waals surface area contributed by atoms with Crippen LogP contribution in [0, 0.1) is 5.92 Å². The molecular weight excluding hydrogens is 216 g/mol. The Hall–Kier alpha value is -1.51. The standard InChI is InChI=1S/C14H18O3/c1-10-7-8-13(15)17-14(10,2)11-5-4-6-12(9-11)16-3/h4-6,9-10H,7-8H2,1-3H3/t10-,14-/m1/s1. The molecule has 1 aliphatic heterocycles. The maximum Gasteiger partial charge on any atom is 0.306 e. The molecule has 0 N–H and O–H groups in total. The second-order valence-electron chi connectivity index (χ2n) is 4.75. The van der Waals surface area contributed by atoms with Crippen LogP contribution in [-0.4, -0.2) is 13.1 Å². The minimum Gasteiger partial charge on any atom is -0.497 e. The molecule has 1 aliphatic rings. The highest BCUT2D eigenvalue weighted by Gasteiger charge is 2.40. The highest BCUT2D eigenvalue weighted by atomic mass is 16.6. The summed E-state index contributed by atoms with van der Waals surface area (Å²) in [5, 5.41) is 0. The average Bonchev–Trinajstić information content (AvgIpc) is 2.34. The molecule has 0 aromatic heterocycles. The second kappa shape index (κ2) is 4.40. The van der Waals surface area contributed by atoms with E-state index in [0.717, 1.165) is 17.7 Å². The maximum absolute atomic E-state index is 11.5. The largest absolute Gasteiger partial charge is 0.497 e. The van der Waals surface area contributed by atoms with Crippen LogP contribution in [0.2, 0.25) is 0 Å². The Balaban J connectivity index is 2.37. The third kappa shape index (κ3) is 2.14. The number of carbonyl (C=O) groups is 1. The number of hydrogen-bond donors (Lipinski definition) is 0. The molecule has 0 radical (unpaired) electrons. The summed E-state index contributed by atoms with van der Waals surface area (Å²) in [6, 6.07) is 7.74. The van der Waals surface area contributed by atoms with Crippen LogP contribution in [0.1, 0.15) is 32.3 Å². The summed E-state index contributed by atoms with van der Waals surface area (Å²) in [7, 11) is 1.64. The van der Waals surface area contributed by atoms with Gasteiger partial charge >= 0.3 is 5.97 Å². The summed E-state index contributed by atoms with van der Waals surface area (Å²) >= 11 is 0. The lowest BCUT2D eigenvalue weighted by molar-refractivity contribution is -0.174. The molecule has 0 unspecified atom stereocenters. The molecule has 1 aromatic rings. The first kappa shape index (κ1) is 12.0. The number of carbonyl (C=O) groups excluding carboxylic acids is 1. The normalized spacial score (nSPS) is 28.6. The van der Waals surface area contributed by atoms with E-state index >= 15 is 0 Å². The predicted molar refractivity (Wildman–Crippen MR) is 64.8 cm³/mol. The van der Waals surface area contributed by atoms with Crippen LogP contribution < -0.4 is 4.74 Å². The second-order valence-corrected chi connectivity index (χ2v) is 4.75. The molecule has 3 nitrogen and oxygen atoms in total. The van der Waals surface area contributed by atoms with E-state index in [4.69, 9.17) is 9.47 Å². The lowest BCUT2D eigenvalue weighted by Gasteiger charge is -2.39. The van der Waals surface area contributed by atoms with Gasteiger partial charge in [0.2, 0.25) is 0 Å². The minimum absolute atomic E-state index is 0.117. The molecule has 2 atom stereocenters. The van der Waals surface area contributed by atoms with Crippen molar-refractivity contribution in [2.24, 2.45) is 5.92 Å². The van der Waals surface area contributed by atoms with Crippen molar-refractivity contribution in [3.8, 4) is 5.75 Å². The van der Waals surface area contributed by atoms with Gasteiger partial charge in [-0.15, -0.1) is 0 Å². The molecule has 2 rings (SSSR count). The van der Waals surface area contributed by atoms with Gasteiger partial charge in [-0.25, -0.2) is 0 Å². The van der Waals surface area contributed by atoms with Crippen molar-refractivity contribution in [2.45, 2.75) is 32.3 Å². The third-order valence-corrected chi connectivity index (χ3v) is 3.69.